The maximum Gasteiger partial charge on any atom is 0.251 e. The first-order chi connectivity index (χ1) is 13.5. The zero-order valence-electron chi connectivity index (χ0n) is 16.6. The van der Waals surface area contributed by atoms with Crippen LogP contribution >= 0.6 is 11.3 Å². The molecule has 0 radical (unpaired) electrons. The minimum atomic E-state index is -0.0978. The molecule has 0 spiro atoms. The number of carbonyl (C=O) groups excluding carboxylic acids is 1. The van der Waals surface area contributed by atoms with Gasteiger partial charge in [-0.2, -0.15) is 11.3 Å². The minimum Gasteiger partial charge on any atom is -0.489 e. The molecule has 0 saturated heterocycles. The van der Waals surface area contributed by atoms with Gasteiger partial charge in [0.25, 0.3) is 5.91 Å². The molecule has 1 atom stereocenters. The molecule has 0 aliphatic carbocycles. The SMILES string of the molecule is Cc1noc(C)c1COc1ccc(C(=O)NCC(c2ccsc2)N(C)C)cc1. The van der Waals surface area contributed by atoms with Gasteiger partial charge < -0.3 is 19.5 Å². The van der Waals surface area contributed by atoms with E-state index in [-0.39, 0.29) is 11.9 Å². The van der Waals surface area contributed by atoms with Crippen LogP contribution in [0, 0.1) is 13.8 Å². The standard InChI is InChI=1S/C21H25N3O3S/c1-14-19(15(2)27-23-14)12-26-18-7-5-16(6-8-18)21(25)22-11-20(24(3)4)17-9-10-28-13-17/h5-10,13,20H,11-12H2,1-4H3,(H,22,25). The number of aryl methyl sites for hydroxylation is 2. The van der Waals surface area contributed by atoms with Gasteiger partial charge in [0.15, 0.2) is 0 Å². The molecule has 0 fully saturated rings. The summed E-state index contributed by atoms with van der Waals surface area (Å²) < 4.78 is 10.9. The van der Waals surface area contributed by atoms with E-state index in [1.165, 1.54) is 5.56 Å². The van der Waals surface area contributed by atoms with Crippen molar-refractivity contribution in [3.05, 3.63) is 69.2 Å². The predicted octanol–water partition coefficient (Wildman–Crippen LogP) is 3.96. The Labute approximate surface area is 169 Å². The highest BCUT2D eigenvalue weighted by molar-refractivity contribution is 7.07. The van der Waals surface area contributed by atoms with E-state index in [0.717, 1.165) is 17.0 Å². The normalized spacial score (nSPS) is 12.2. The van der Waals surface area contributed by atoms with Crippen molar-refractivity contribution >= 4 is 17.2 Å². The van der Waals surface area contributed by atoms with E-state index in [1.54, 1.807) is 35.6 Å². The van der Waals surface area contributed by atoms with Gasteiger partial charge in [-0.3, -0.25) is 4.79 Å². The monoisotopic (exact) mass is 399 g/mol. The summed E-state index contributed by atoms with van der Waals surface area (Å²) in [4.78, 5) is 14.6. The predicted molar refractivity (Wildman–Crippen MR) is 110 cm³/mol. The number of thiophene rings is 1. The molecular weight excluding hydrogens is 374 g/mol. The quantitative estimate of drug-likeness (QED) is 0.621. The molecule has 3 rings (SSSR count). The van der Waals surface area contributed by atoms with Gasteiger partial charge in [0.2, 0.25) is 0 Å². The summed E-state index contributed by atoms with van der Waals surface area (Å²) in [6, 6.07) is 9.38. The molecule has 2 aromatic heterocycles. The highest BCUT2D eigenvalue weighted by Gasteiger charge is 2.16. The lowest BCUT2D eigenvalue weighted by atomic mass is 10.1. The van der Waals surface area contributed by atoms with Gasteiger partial charge in [-0.15, -0.1) is 0 Å². The Morgan fingerprint density at radius 1 is 1.25 bits per heavy atom. The van der Waals surface area contributed by atoms with Crippen molar-refractivity contribution in [1.29, 1.82) is 0 Å². The average molecular weight is 400 g/mol. The summed E-state index contributed by atoms with van der Waals surface area (Å²) in [5.41, 5.74) is 3.59. The average Bonchev–Trinajstić information content (AvgIpc) is 3.31. The fourth-order valence-electron chi connectivity index (χ4n) is 2.92. The van der Waals surface area contributed by atoms with Crippen molar-refractivity contribution in [2.24, 2.45) is 0 Å². The zero-order chi connectivity index (χ0) is 20.1. The second-order valence-corrected chi connectivity index (χ2v) is 7.64. The summed E-state index contributed by atoms with van der Waals surface area (Å²) in [6.07, 6.45) is 0. The largest absolute Gasteiger partial charge is 0.489 e. The van der Waals surface area contributed by atoms with E-state index in [4.69, 9.17) is 9.26 Å². The van der Waals surface area contributed by atoms with Crippen LogP contribution in [0.3, 0.4) is 0 Å². The molecule has 148 valence electrons. The van der Waals surface area contributed by atoms with E-state index < -0.39 is 0 Å². The maximum atomic E-state index is 12.5. The Hall–Kier alpha value is -2.64. The third kappa shape index (κ3) is 4.79. The first-order valence-electron chi connectivity index (χ1n) is 9.07. The van der Waals surface area contributed by atoms with Gasteiger partial charge in [-0.25, -0.2) is 0 Å². The Kier molecular flexibility index (Phi) is 6.49. The van der Waals surface area contributed by atoms with Gasteiger partial charge in [0.05, 0.1) is 17.3 Å². The van der Waals surface area contributed by atoms with E-state index in [1.807, 2.05) is 27.9 Å². The summed E-state index contributed by atoms with van der Waals surface area (Å²) >= 11 is 1.66. The molecule has 1 aromatic carbocycles. The van der Waals surface area contributed by atoms with E-state index in [9.17, 15) is 4.79 Å². The number of likely N-dealkylation sites (N-methyl/N-ethyl adjacent to an activating group) is 1. The number of rotatable bonds is 8. The molecule has 28 heavy (non-hydrogen) atoms. The number of hydrogen-bond acceptors (Lipinski definition) is 6. The van der Waals surface area contributed by atoms with Crippen LogP contribution in [0.5, 0.6) is 5.75 Å². The van der Waals surface area contributed by atoms with Crippen LogP contribution in [0.25, 0.3) is 0 Å². The number of nitrogens with one attached hydrogen (secondary N) is 1. The van der Waals surface area contributed by atoms with Crippen LogP contribution in [0.1, 0.15) is 39.0 Å². The number of amides is 1. The number of benzene rings is 1. The molecule has 2 heterocycles. The molecule has 1 unspecified atom stereocenters. The van der Waals surface area contributed by atoms with Crippen molar-refractivity contribution in [2.75, 3.05) is 20.6 Å². The van der Waals surface area contributed by atoms with Crippen molar-refractivity contribution in [3.8, 4) is 5.75 Å². The highest BCUT2D eigenvalue weighted by atomic mass is 32.1. The van der Waals surface area contributed by atoms with Gasteiger partial charge in [-0.05, 0) is 74.6 Å². The van der Waals surface area contributed by atoms with Gasteiger partial charge in [-0.1, -0.05) is 5.16 Å². The van der Waals surface area contributed by atoms with Gasteiger partial charge in [0.1, 0.15) is 18.1 Å². The fourth-order valence-corrected chi connectivity index (χ4v) is 3.63. The first kappa shape index (κ1) is 20.1. The van der Waals surface area contributed by atoms with E-state index in [2.05, 4.69) is 32.2 Å². The third-order valence-corrected chi connectivity index (χ3v) is 5.39. The van der Waals surface area contributed by atoms with Crippen molar-refractivity contribution < 1.29 is 14.1 Å². The summed E-state index contributed by atoms with van der Waals surface area (Å²) in [5, 5.41) is 11.1. The lowest BCUT2D eigenvalue weighted by Crippen LogP contribution is -2.34. The van der Waals surface area contributed by atoms with Gasteiger partial charge >= 0.3 is 0 Å². The molecule has 1 N–H and O–H groups in total. The second-order valence-electron chi connectivity index (χ2n) is 6.86. The summed E-state index contributed by atoms with van der Waals surface area (Å²) in [5.74, 6) is 1.36. The lowest BCUT2D eigenvalue weighted by molar-refractivity contribution is 0.0942. The maximum absolute atomic E-state index is 12.5. The van der Waals surface area contributed by atoms with Crippen molar-refractivity contribution in [3.63, 3.8) is 0 Å². The Balaban J connectivity index is 1.56. The minimum absolute atomic E-state index is 0.0978. The number of carbonyl (C=O) groups is 1. The zero-order valence-corrected chi connectivity index (χ0v) is 17.4. The van der Waals surface area contributed by atoms with Crippen molar-refractivity contribution in [2.45, 2.75) is 26.5 Å². The van der Waals surface area contributed by atoms with Crippen LogP contribution in [0.2, 0.25) is 0 Å². The number of aromatic nitrogens is 1. The third-order valence-electron chi connectivity index (χ3n) is 4.69. The van der Waals surface area contributed by atoms with Crippen LogP contribution in [-0.2, 0) is 6.61 Å². The molecule has 0 saturated carbocycles. The topological polar surface area (TPSA) is 67.6 Å². The Morgan fingerprint density at radius 2 is 2.00 bits per heavy atom. The molecule has 0 aliphatic rings. The van der Waals surface area contributed by atoms with Crippen molar-refractivity contribution in [1.82, 2.24) is 15.4 Å². The smallest absolute Gasteiger partial charge is 0.251 e. The first-order valence-corrected chi connectivity index (χ1v) is 10.0. The number of hydrogen-bond donors (Lipinski definition) is 1. The molecule has 1 amide bonds. The number of ether oxygens (including phenoxy) is 1. The summed E-state index contributed by atoms with van der Waals surface area (Å²) in [6.45, 7) is 4.69. The highest BCUT2D eigenvalue weighted by Crippen LogP contribution is 2.21. The van der Waals surface area contributed by atoms with Crippen LogP contribution in [0.15, 0.2) is 45.6 Å². The second kappa shape index (κ2) is 9.03. The molecule has 0 aliphatic heterocycles. The van der Waals surface area contributed by atoms with E-state index >= 15 is 0 Å². The van der Waals surface area contributed by atoms with Crippen LogP contribution in [0.4, 0.5) is 0 Å². The van der Waals surface area contributed by atoms with E-state index in [0.29, 0.717) is 24.5 Å². The molecule has 3 aromatic rings. The lowest BCUT2D eigenvalue weighted by Gasteiger charge is -2.24. The molecular formula is C21H25N3O3S. The fraction of sp³-hybridized carbons (Fsp3) is 0.333. The molecule has 7 heteroatoms. The van der Waals surface area contributed by atoms with Crippen LogP contribution in [-0.4, -0.2) is 36.6 Å². The summed E-state index contributed by atoms with van der Waals surface area (Å²) in [7, 11) is 4.03. The molecule has 0 bridgehead atoms. The Morgan fingerprint density at radius 3 is 2.57 bits per heavy atom. The molecule has 6 nitrogen and oxygen atoms in total. The number of nitrogens with zero attached hydrogens (tertiary/aromatic N) is 2. The van der Waals surface area contributed by atoms with Gasteiger partial charge in [0, 0.05) is 12.1 Å². The Bertz CT molecular complexity index is 882. The van der Waals surface area contributed by atoms with Crippen LogP contribution < -0.4 is 10.1 Å².